The van der Waals surface area contributed by atoms with Crippen LogP contribution in [0.2, 0.25) is 0 Å². The number of likely N-dealkylation sites (tertiary alicyclic amines) is 1. The van der Waals surface area contributed by atoms with Crippen molar-refractivity contribution in [2.45, 2.75) is 32.2 Å². The van der Waals surface area contributed by atoms with Crippen molar-refractivity contribution in [2.75, 3.05) is 20.2 Å². The van der Waals surface area contributed by atoms with Crippen LogP contribution < -0.4 is 11.1 Å². The van der Waals surface area contributed by atoms with Crippen molar-refractivity contribution >= 4 is 11.9 Å². The summed E-state index contributed by atoms with van der Waals surface area (Å²) in [7, 11) is 1.39. The van der Waals surface area contributed by atoms with Crippen molar-refractivity contribution in [3.8, 4) is 11.1 Å². The quantitative estimate of drug-likeness (QED) is 0.616. The molecule has 1 unspecified atom stereocenters. The highest BCUT2D eigenvalue weighted by Gasteiger charge is 2.32. The highest BCUT2D eigenvalue weighted by atomic mass is 16.5. The van der Waals surface area contributed by atoms with Gasteiger partial charge in [-0.05, 0) is 55.4 Å². The Balaban J connectivity index is 1.65. The van der Waals surface area contributed by atoms with Crippen LogP contribution in [-0.2, 0) is 9.53 Å². The fourth-order valence-corrected chi connectivity index (χ4v) is 4.37. The van der Waals surface area contributed by atoms with Crippen molar-refractivity contribution in [3.63, 3.8) is 0 Å². The van der Waals surface area contributed by atoms with E-state index in [1.54, 1.807) is 0 Å². The third-order valence-corrected chi connectivity index (χ3v) is 6.23. The van der Waals surface area contributed by atoms with Gasteiger partial charge in [-0.15, -0.1) is 0 Å². The van der Waals surface area contributed by atoms with Crippen LogP contribution in [0.1, 0.15) is 36.5 Å². The van der Waals surface area contributed by atoms with Crippen LogP contribution in [0.4, 0.5) is 0 Å². The Hall–Kier alpha value is -3.28. The van der Waals surface area contributed by atoms with Crippen LogP contribution in [0.15, 0.2) is 67.0 Å². The molecule has 3 atom stereocenters. The first kappa shape index (κ1) is 23.4. The number of nitrogens with zero attached hydrogens (tertiary/aromatic N) is 1. The molecule has 1 amide bonds. The number of nitrogens with one attached hydrogen (secondary N) is 1. The Morgan fingerprint density at radius 2 is 1.81 bits per heavy atom. The van der Waals surface area contributed by atoms with Gasteiger partial charge in [-0.25, -0.2) is 0 Å². The van der Waals surface area contributed by atoms with Crippen LogP contribution in [0, 0.1) is 11.8 Å². The van der Waals surface area contributed by atoms with Gasteiger partial charge in [-0.2, -0.15) is 0 Å². The molecule has 2 aromatic carbocycles. The molecule has 0 spiro atoms. The van der Waals surface area contributed by atoms with E-state index in [2.05, 4.69) is 16.8 Å². The summed E-state index contributed by atoms with van der Waals surface area (Å²) in [5.74, 6) is -0.0849. The van der Waals surface area contributed by atoms with Gasteiger partial charge in [0, 0.05) is 24.7 Å². The summed E-state index contributed by atoms with van der Waals surface area (Å²) < 4.78 is 5.06. The smallest absolute Gasteiger partial charge is 0.310 e. The van der Waals surface area contributed by atoms with Crippen LogP contribution in [0.5, 0.6) is 0 Å². The summed E-state index contributed by atoms with van der Waals surface area (Å²) in [6.45, 7) is 7.35. The number of amides is 1. The first-order valence-electron chi connectivity index (χ1n) is 11.1. The van der Waals surface area contributed by atoms with Gasteiger partial charge in [0.2, 0.25) is 0 Å². The van der Waals surface area contributed by atoms with Gasteiger partial charge in [-0.3, -0.25) is 9.59 Å². The lowest BCUT2D eigenvalue weighted by molar-refractivity contribution is -0.147. The van der Waals surface area contributed by atoms with Crippen LogP contribution in [0.3, 0.4) is 0 Å². The van der Waals surface area contributed by atoms with Gasteiger partial charge in [0.1, 0.15) is 0 Å². The Morgan fingerprint density at radius 3 is 2.44 bits per heavy atom. The Labute approximate surface area is 190 Å². The minimum absolute atomic E-state index is 0.202. The first-order valence-corrected chi connectivity index (χ1v) is 11.1. The molecule has 32 heavy (non-hydrogen) atoms. The van der Waals surface area contributed by atoms with E-state index in [0.717, 1.165) is 37.1 Å². The second-order valence-electron chi connectivity index (χ2n) is 8.52. The van der Waals surface area contributed by atoms with E-state index >= 15 is 0 Å². The van der Waals surface area contributed by atoms with Crippen molar-refractivity contribution < 1.29 is 14.3 Å². The Kier molecular flexibility index (Phi) is 7.92. The molecule has 170 valence electrons. The fraction of sp³-hybridized carbons (Fsp3) is 0.385. The molecule has 6 nitrogen and oxygen atoms in total. The first-order chi connectivity index (χ1) is 15.4. The zero-order valence-electron chi connectivity index (χ0n) is 18.9. The maximum Gasteiger partial charge on any atom is 0.310 e. The predicted octanol–water partition coefficient (Wildman–Crippen LogP) is 3.79. The molecular weight excluding hydrogens is 402 g/mol. The molecule has 1 fully saturated rings. The van der Waals surface area contributed by atoms with E-state index in [4.69, 9.17) is 10.5 Å². The number of esters is 1. The number of rotatable bonds is 8. The summed E-state index contributed by atoms with van der Waals surface area (Å²) in [4.78, 5) is 27.4. The standard InChI is InChI=1S/C26H33N3O3/c1-18(24(26(31)32-3)16-20-8-7-15-29(17-20)19(2)27)28-25(30)23-13-11-22(12-14-23)21-9-5-4-6-10-21/h4-6,9-14,18,20,24H,2,7-8,15-17,27H2,1,3H3,(H,28,30)/t18-,20?,24-/m1/s1. The third kappa shape index (κ3) is 5.90. The maximum atomic E-state index is 12.9. The number of benzene rings is 2. The third-order valence-electron chi connectivity index (χ3n) is 6.23. The Morgan fingerprint density at radius 1 is 1.16 bits per heavy atom. The van der Waals surface area contributed by atoms with E-state index in [-0.39, 0.29) is 23.8 Å². The largest absolute Gasteiger partial charge is 0.469 e. The van der Waals surface area contributed by atoms with Crippen molar-refractivity contribution in [3.05, 3.63) is 72.6 Å². The van der Waals surface area contributed by atoms with Gasteiger partial charge in [0.25, 0.3) is 5.91 Å². The van der Waals surface area contributed by atoms with E-state index in [1.165, 1.54) is 7.11 Å². The van der Waals surface area contributed by atoms with Crippen molar-refractivity contribution in [1.29, 1.82) is 0 Å². The number of methoxy groups -OCH3 is 1. The van der Waals surface area contributed by atoms with E-state index in [0.29, 0.717) is 17.8 Å². The number of nitrogens with two attached hydrogens (primary N) is 1. The van der Waals surface area contributed by atoms with Crippen LogP contribution in [0.25, 0.3) is 11.1 Å². The molecule has 0 bridgehead atoms. The molecule has 0 aromatic heterocycles. The molecule has 3 N–H and O–H groups in total. The molecule has 6 heteroatoms. The zero-order valence-corrected chi connectivity index (χ0v) is 18.9. The molecule has 1 aliphatic heterocycles. The molecule has 1 aliphatic rings. The van der Waals surface area contributed by atoms with Gasteiger partial charge >= 0.3 is 5.97 Å². The van der Waals surface area contributed by atoms with E-state index in [9.17, 15) is 9.59 Å². The molecule has 2 aromatic rings. The van der Waals surface area contributed by atoms with Crippen LogP contribution in [-0.4, -0.2) is 43.0 Å². The number of carbonyl (C=O) groups is 2. The molecule has 0 saturated carbocycles. The lowest BCUT2D eigenvalue weighted by Crippen LogP contribution is -2.44. The summed E-state index contributed by atoms with van der Waals surface area (Å²) >= 11 is 0. The topological polar surface area (TPSA) is 84.7 Å². The lowest BCUT2D eigenvalue weighted by atomic mass is 9.85. The minimum atomic E-state index is -0.427. The lowest BCUT2D eigenvalue weighted by Gasteiger charge is -2.36. The SMILES string of the molecule is C=C(N)N1CCCC(C[C@@H](C(=O)OC)[C@@H](C)NC(=O)c2ccc(-c3ccccc3)cc2)C1. The summed E-state index contributed by atoms with van der Waals surface area (Å²) in [5, 5.41) is 3.00. The maximum absolute atomic E-state index is 12.9. The zero-order chi connectivity index (χ0) is 23.1. The monoisotopic (exact) mass is 435 g/mol. The predicted molar refractivity (Wildman–Crippen MR) is 127 cm³/mol. The molecule has 0 aliphatic carbocycles. The number of ether oxygens (including phenoxy) is 1. The summed E-state index contributed by atoms with van der Waals surface area (Å²) in [5.41, 5.74) is 8.57. The summed E-state index contributed by atoms with van der Waals surface area (Å²) in [6.07, 6.45) is 2.65. The number of hydrogen-bond donors (Lipinski definition) is 2. The average Bonchev–Trinajstić information content (AvgIpc) is 2.82. The molecular formula is C26H33N3O3. The number of hydrogen-bond acceptors (Lipinski definition) is 5. The van der Waals surface area contributed by atoms with Crippen LogP contribution >= 0.6 is 0 Å². The minimum Gasteiger partial charge on any atom is -0.469 e. The van der Waals surface area contributed by atoms with Gasteiger partial charge in [-0.1, -0.05) is 49.0 Å². The molecule has 1 saturated heterocycles. The molecule has 3 rings (SSSR count). The number of piperidine rings is 1. The van der Waals surface area contributed by atoms with E-state index in [1.807, 2.05) is 61.5 Å². The normalized spacial score (nSPS) is 17.8. The van der Waals surface area contributed by atoms with E-state index < -0.39 is 5.92 Å². The van der Waals surface area contributed by atoms with Gasteiger partial charge in [0.15, 0.2) is 0 Å². The highest BCUT2D eigenvalue weighted by molar-refractivity contribution is 5.95. The Bertz CT molecular complexity index is 927. The fourth-order valence-electron chi connectivity index (χ4n) is 4.37. The average molecular weight is 436 g/mol. The second kappa shape index (κ2) is 10.8. The second-order valence-corrected chi connectivity index (χ2v) is 8.52. The van der Waals surface area contributed by atoms with Gasteiger partial charge < -0.3 is 20.7 Å². The van der Waals surface area contributed by atoms with Gasteiger partial charge in [0.05, 0.1) is 18.8 Å². The number of carbonyl (C=O) groups excluding carboxylic acids is 2. The molecule has 0 radical (unpaired) electrons. The van der Waals surface area contributed by atoms with Crippen molar-refractivity contribution in [1.82, 2.24) is 10.2 Å². The summed E-state index contributed by atoms with van der Waals surface area (Å²) in [6, 6.07) is 17.1. The molecule has 1 heterocycles. The van der Waals surface area contributed by atoms with Crippen molar-refractivity contribution in [2.24, 2.45) is 17.6 Å². The highest BCUT2D eigenvalue weighted by Crippen LogP contribution is 2.27.